The number of aryl methyl sites for hydroxylation is 8. The molecule has 0 aliphatic carbocycles. The van der Waals surface area contributed by atoms with Crippen LogP contribution in [-0.2, 0) is 66.0 Å². The lowest BCUT2D eigenvalue weighted by Gasteiger charge is -2.23. The average Bonchev–Trinajstić information content (AvgIpc) is 1.61. The highest BCUT2D eigenvalue weighted by Gasteiger charge is 2.31. The molecule has 0 saturated carbocycles. The van der Waals surface area contributed by atoms with E-state index in [1.807, 2.05) is 241 Å². The number of quaternary nitrogens is 1. The summed E-state index contributed by atoms with van der Waals surface area (Å²) in [4.78, 5) is 103. The second-order valence-corrected chi connectivity index (χ2v) is 38.5. The van der Waals surface area contributed by atoms with Crippen LogP contribution in [0.4, 0.5) is 9.59 Å². The zero-order valence-corrected chi connectivity index (χ0v) is 86.3. The summed E-state index contributed by atoms with van der Waals surface area (Å²) in [5.74, 6) is -1.32. The number of nitriles is 4. The lowest BCUT2D eigenvalue weighted by atomic mass is 9.86. The number of hydrogen-bond acceptors (Lipinski definition) is 21. The Labute approximate surface area is 822 Å². The topological polar surface area (TPSA) is 428 Å². The molecule has 0 aromatic carbocycles. The standard InChI is InChI=1S/C17H21N3O2.C15H17N3O2.C12H18N3.C12H17N3.C12H13N3.C11H15N3.C10H9N3.C8H8N2.C6H9BrO3.CH4.HI/c1-11-7-8-13-14(19-11)12(17(5,6)10-18)9-20(13)15(21)22-16(2,3)4;1-10-5-6-12-13(17-10)11(7-8-16)9-18(12)14(19)20-15(2,3)4;1-9-5-6-11-12(14-9)10(7-13-11)8-15(2,3)4;2*1-8-4-5-10-11(15-8)9(6-14-10)12(2,3)7-13;1-8-4-5-10-11(13-8)9(6-12-10)7-14(2)3;1-7-2-3-9-10(13-7)8(4-5-11)6-12-9;1-6-2-3-7-8(10-6)4-5-9-7;1-4(2)10-6(9)5(8)3-7;;/h7-9H,1-6H3;5-6,9H,7H2,1-4H3;5-7,13H,8H2,1-4H3;4-6,14H,7,13H2,1-3H3;4-6,14H,1-3H3;4-6,12H,7H2,1-3H3;2-3,6,12H,4H2,1H3;2-5,9H,1H3;4H,3H2,1-2H3;1H4;1H/q;;+1;;;;;;;;/p-1. The maximum atomic E-state index is 12.4. The van der Waals surface area contributed by atoms with Gasteiger partial charge in [-0.15, -0.1) is 0 Å². The summed E-state index contributed by atoms with van der Waals surface area (Å²) in [6.07, 6.45) is 14.5. The Bertz CT molecular complexity index is 6980. The second kappa shape index (κ2) is 48.2. The first kappa shape index (κ1) is 111. The molecule has 0 aliphatic heterocycles. The summed E-state index contributed by atoms with van der Waals surface area (Å²) in [7, 11) is 10.7. The number of ketones is 1. The van der Waals surface area contributed by atoms with Crippen LogP contribution < -0.4 is 29.7 Å². The second-order valence-electron chi connectivity index (χ2n) is 37.9. The molecule has 0 unspecified atom stereocenters. The summed E-state index contributed by atoms with van der Waals surface area (Å²) in [6, 6.07) is 42.3. The Morgan fingerprint density at radius 2 is 0.801 bits per heavy atom. The van der Waals surface area contributed by atoms with Crippen LogP contribution in [0.1, 0.15) is 189 Å². The Morgan fingerprint density at radius 1 is 0.449 bits per heavy atom. The molecule has 30 nitrogen and oxygen atoms in total. The molecule has 0 spiro atoms. The molecule has 136 heavy (non-hydrogen) atoms. The fourth-order valence-electron chi connectivity index (χ4n) is 13.6. The number of rotatable bonds is 13. The van der Waals surface area contributed by atoms with Crippen molar-refractivity contribution in [3.8, 4) is 24.3 Å². The Morgan fingerprint density at radius 3 is 1.23 bits per heavy atom. The van der Waals surface area contributed by atoms with Crippen LogP contribution in [0.25, 0.3) is 88.3 Å². The average molecular weight is 2020 g/mol. The number of nitrogens with zero attached hydrogens (tertiary/aromatic N) is 16. The number of esters is 1. The number of fused-ring (bicyclic) bond motifs is 8. The number of alkyl halides is 1. The molecule has 0 fully saturated rings. The Balaban J connectivity index is 0.000000237. The highest BCUT2D eigenvalue weighted by molar-refractivity contribution is 9.09. The first-order valence-electron chi connectivity index (χ1n) is 43.9. The predicted molar refractivity (Wildman–Crippen MR) is 541 cm³/mol. The predicted octanol–water partition coefficient (Wildman–Crippen LogP) is 18.3. The van der Waals surface area contributed by atoms with Gasteiger partial charge in [0, 0.05) is 147 Å². The van der Waals surface area contributed by atoms with Crippen molar-refractivity contribution in [2.24, 2.45) is 5.73 Å². The number of nitrogens with one attached hydrogen (secondary N) is 6. The molecule has 0 radical (unpaired) electrons. The van der Waals surface area contributed by atoms with E-state index in [0.717, 1.165) is 152 Å². The molecule has 16 aromatic heterocycles. The van der Waals surface area contributed by atoms with Crippen LogP contribution in [0.2, 0.25) is 0 Å². The minimum Gasteiger partial charge on any atom is -1.00 e. The van der Waals surface area contributed by atoms with Gasteiger partial charge in [-0.1, -0.05) is 37.2 Å². The smallest absolute Gasteiger partial charge is 0.419 e. The fourth-order valence-corrected chi connectivity index (χ4v) is 13.8. The van der Waals surface area contributed by atoms with Crippen LogP contribution >= 0.6 is 15.9 Å². The summed E-state index contributed by atoms with van der Waals surface area (Å²) in [5.41, 5.74) is 33.6. The van der Waals surface area contributed by atoms with Crippen LogP contribution in [0.3, 0.4) is 0 Å². The normalized spacial score (nSPS) is 11.3. The van der Waals surface area contributed by atoms with Crippen molar-refractivity contribution >= 4 is 128 Å². The minimum atomic E-state index is -0.771. The van der Waals surface area contributed by atoms with Gasteiger partial charge in [0.1, 0.15) is 17.7 Å². The van der Waals surface area contributed by atoms with E-state index in [1.165, 1.54) is 25.8 Å². The molecular formula is C104H131BrIN23O7. The lowest BCUT2D eigenvalue weighted by molar-refractivity contribution is -0.883. The van der Waals surface area contributed by atoms with Gasteiger partial charge in [-0.3, -0.25) is 53.8 Å². The molecule has 0 bridgehead atoms. The lowest BCUT2D eigenvalue weighted by Crippen LogP contribution is -3.00. The van der Waals surface area contributed by atoms with Crippen molar-refractivity contribution in [3.63, 3.8) is 0 Å². The van der Waals surface area contributed by atoms with Crippen LogP contribution in [0.15, 0.2) is 153 Å². The summed E-state index contributed by atoms with van der Waals surface area (Å²) in [6.45, 7) is 44.2. The zero-order chi connectivity index (χ0) is 99.3. The van der Waals surface area contributed by atoms with Crippen LogP contribution in [-0.4, -0.2) is 177 Å². The number of hydrogen-bond donors (Lipinski definition) is 7. The van der Waals surface area contributed by atoms with E-state index in [2.05, 4.69) is 193 Å². The van der Waals surface area contributed by atoms with Gasteiger partial charge in [-0.2, -0.15) is 21.0 Å². The number of pyridine rings is 8. The largest absolute Gasteiger partial charge is 1.00 e. The number of Topliss-reactive ketones (excluding diaryl/α,β-unsaturated/α-hetero) is 1. The third-order valence-corrected chi connectivity index (χ3v) is 20.9. The molecule has 718 valence electrons. The molecule has 0 aliphatic rings. The van der Waals surface area contributed by atoms with E-state index in [9.17, 15) is 24.4 Å². The van der Waals surface area contributed by atoms with Gasteiger partial charge in [0.05, 0.1) is 174 Å². The number of nitrogens with two attached hydrogens (primary N) is 1. The molecule has 0 atom stereocenters. The van der Waals surface area contributed by atoms with Crippen molar-refractivity contribution in [3.05, 3.63) is 237 Å². The number of carbonyl (C=O) groups is 4. The van der Waals surface area contributed by atoms with E-state index in [0.29, 0.717) is 35.0 Å². The fraction of sp³-hybridized carbons (Fsp3) is 0.385. The molecule has 0 saturated heterocycles. The molecule has 32 heteroatoms. The van der Waals surface area contributed by atoms with Crippen molar-refractivity contribution in [2.45, 2.75) is 219 Å². The van der Waals surface area contributed by atoms with Gasteiger partial charge >= 0.3 is 18.2 Å². The van der Waals surface area contributed by atoms with Crippen molar-refractivity contribution in [1.29, 1.82) is 21.0 Å². The van der Waals surface area contributed by atoms with Gasteiger partial charge < -0.3 is 83.2 Å². The number of aromatic amines is 6. The summed E-state index contributed by atoms with van der Waals surface area (Å²) in [5, 5.41) is 36.0. The highest BCUT2D eigenvalue weighted by Crippen LogP contribution is 2.34. The number of halogens is 2. The monoisotopic (exact) mass is 2020 g/mol. The zero-order valence-electron chi connectivity index (χ0n) is 82.6. The Hall–Kier alpha value is -13.4. The molecule has 16 rings (SSSR count). The Kier molecular flexibility index (Phi) is 39.5. The minimum absolute atomic E-state index is 0. The van der Waals surface area contributed by atoms with Gasteiger partial charge in [0.25, 0.3) is 5.78 Å². The molecular weight excluding hydrogens is 1890 g/mol. The maximum absolute atomic E-state index is 12.4. The molecule has 0 amide bonds. The van der Waals surface area contributed by atoms with Gasteiger partial charge in [0.15, 0.2) is 0 Å². The van der Waals surface area contributed by atoms with E-state index in [4.69, 9.17) is 31.0 Å². The molecule has 16 heterocycles. The van der Waals surface area contributed by atoms with E-state index >= 15 is 0 Å². The van der Waals surface area contributed by atoms with Gasteiger partial charge in [-0.05, 0) is 256 Å². The van der Waals surface area contributed by atoms with Crippen molar-refractivity contribution < 1.29 is 61.8 Å². The SMILES string of the molecule is C.CC(C)OC(=O)C(=O)CBr.Cc1ccc2[nH]cc(C(C)(C)C#N)c2n1.Cc1ccc2[nH]cc(C(C)(C)CN)c2n1.Cc1ccc2[nH]cc(CC#N)c2n1.Cc1ccc2[nH]cc(CN(C)C)c2n1.Cc1ccc2[nH]cc(C[N+](C)(C)C)c2n1.Cc1ccc2[nH]ccc2n1.Cc1ccc2c(n1)c(C(C)(C)C#N)cn2C(=O)OC(C)(C)C.Cc1ccc2c(n1)c(CC#N)cn2C(=O)OC(C)(C)C.[I-]. The first-order valence-corrected chi connectivity index (χ1v) is 45.0. The van der Waals surface area contributed by atoms with Crippen LogP contribution in [0.5, 0.6) is 0 Å². The molecule has 8 N–H and O–H groups in total. The molecule has 16 aromatic rings. The highest BCUT2D eigenvalue weighted by atomic mass is 127. The maximum Gasteiger partial charge on any atom is 0.419 e. The van der Waals surface area contributed by atoms with Gasteiger partial charge in [0.2, 0.25) is 0 Å². The first-order chi connectivity index (χ1) is 62.8. The summed E-state index contributed by atoms with van der Waals surface area (Å²) < 4.78 is 19.2. The van der Waals surface area contributed by atoms with Crippen molar-refractivity contribution in [1.82, 2.24) is 83.8 Å². The number of H-pyrrole nitrogens is 6. The third-order valence-electron chi connectivity index (χ3n) is 20.4. The van der Waals surface area contributed by atoms with E-state index < -0.39 is 46.0 Å². The van der Waals surface area contributed by atoms with E-state index in [1.54, 1.807) is 26.2 Å². The van der Waals surface area contributed by atoms with E-state index in [-0.39, 0.29) is 54.7 Å². The summed E-state index contributed by atoms with van der Waals surface area (Å²) >= 11 is 2.85. The number of ether oxygens (including phenoxy) is 3. The number of aromatic nitrogens is 16. The third kappa shape index (κ3) is 31.1. The van der Waals surface area contributed by atoms with Crippen molar-refractivity contribution in [2.75, 3.05) is 47.1 Å². The number of carbonyl (C=O) groups excluding carboxylic acids is 4. The van der Waals surface area contributed by atoms with Crippen LogP contribution in [0, 0.1) is 101 Å². The van der Waals surface area contributed by atoms with Gasteiger partial charge in [-0.25, -0.2) is 14.4 Å². The quantitative estimate of drug-likeness (QED) is 0.0141.